The fourth-order valence-corrected chi connectivity index (χ4v) is 3.18. The van der Waals surface area contributed by atoms with Crippen molar-refractivity contribution in [2.45, 2.75) is 107 Å². The van der Waals surface area contributed by atoms with Gasteiger partial charge in [-0.1, -0.05) is 99.6 Å². The predicted molar refractivity (Wildman–Crippen MR) is 178 cm³/mol. The van der Waals surface area contributed by atoms with E-state index in [2.05, 4.69) is 55.6 Å². The summed E-state index contributed by atoms with van der Waals surface area (Å²) in [6.07, 6.45) is 3.53. The Morgan fingerprint density at radius 1 is 1.05 bits per heavy atom. The van der Waals surface area contributed by atoms with Gasteiger partial charge in [0.1, 0.15) is 11.4 Å². The van der Waals surface area contributed by atoms with Crippen LogP contribution in [-0.4, -0.2) is 17.0 Å². The Balaban J connectivity index is -0.000000295. The van der Waals surface area contributed by atoms with Gasteiger partial charge in [-0.05, 0) is 35.6 Å². The fraction of sp³-hybridized carbons (Fsp3) is 0.581. The topological polar surface area (TPSA) is 147 Å². The van der Waals surface area contributed by atoms with Crippen molar-refractivity contribution in [2.24, 2.45) is 27.7 Å². The Morgan fingerprint density at radius 2 is 1.48 bits per heavy atom. The number of nitrogens with zero attached hydrogens (tertiary/aromatic N) is 2. The first-order valence-corrected chi connectivity index (χ1v) is 14.9. The second-order valence-electron chi connectivity index (χ2n) is 9.29. The third-order valence-corrected chi connectivity index (χ3v) is 4.73. The van der Waals surface area contributed by atoms with Gasteiger partial charge in [-0.2, -0.15) is 18.4 Å². The van der Waals surface area contributed by atoms with Crippen LogP contribution < -0.4 is 22.2 Å². The van der Waals surface area contributed by atoms with E-state index in [0.717, 1.165) is 11.8 Å². The van der Waals surface area contributed by atoms with Gasteiger partial charge in [-0.15, -0.1) is 12.8 Å². The van der Waals surface area contributed by atoms with E-state index in [1.165, 1.54) is 75.6 Å². The fourth-order valence-electron chi connectivity index (χ4n) is 3.18. The van der Waals surface area contributed by atoms with E-state index in [0.29, 0.717) is 5.69 Å². The van der Waals surface area contributed by atoms with Gasteiger partial charge in [0.15, 0.2) is 0 Å². The molecule has 0 saturated heterocycles. The zero-order valence-electron chi connectivity index (χ0n) is 27.0. The minimum atomic E-state index is -4.27. The van der Waals surface area contributed by atoms with E-state index in [9.17, 15) is 18.0 Å². The van der Waals surface area contributed by atoms with Gasteiger partial charge in [0.05, 0.1) is 18.2 Å². The van der Waals surface area contributed by atoms with Gasteiger partial charge >= 0.3 is 6.18 Å². The minimum absolute atomic E-state index is 0.0295. The summed E-state index contributed by atoms with van der Waals surface area (Å²) in [6.45, 7) is 18.3. The third-order valence-electron chi connectivity index (χ3n) is 4.73. The maximum absolute atomic E-state index is 12.3. The number of pyridine rings is 1. The maximum atomic E-state index is 12.3. The van der Waals surface area contributed by atoms with Crippen LogP contribution in [0.2, 0.25) is 0 Å². The molecule has 1 aromatic heterocycles. The lowest BCUT2D eigenvalue weighted by molar-refractivity contribution is -0.127. The molecule has 0 bridgehead atoms. The highest BCUT2D eigenvalue weighted by Crippen LogP contribution is 2.23. The molecule has 0 unspecified atom stereocenters. The molecule has 1 fully saturated rings. The molecule has 1 saturated carbocycles. The quantitative estimate of drug-likeness (QED) is 0.133. The average Bonchev–Trinajstić information content (AvgIpc) is 2.93. The summed E-state index contributed by atoms with van der Waals surface area (Å²) >= 11 is 3.03. The Bertz CT molecular complexity index is 1010. The van der Waals surface area contributed by atoms with Crippen molar-refractivity contribution < 1.29 is 13.2 Å². The van der Waals surface area contributed by atoms with Gasteiger partial charge in [0, 0.05) is 18.8 Å². The van der Waals surface area contributed by atoms with Crippen molar-refractivity contribution in [3.05, 3.63) is 58.0 Å². The number of hydrogen-bond acceptors (Lipinski definition) is 6. The van der Waals surface area contributed by atoms with Crippen LogP contribution >= 0.6 is 12.8 Å². The summed E-state index contributed by atoms with van der Waals surface area (Å²) in [6, 6.07) is 8.60. The normalized spacial score (nSPS) is 12.2. The molecule has 0 aliphatic heterocycles. The molecular formula is C31H55F3N6OS. The number of rotatable bonds is 3. The number of anilines is 1. The Morgan fingerprint density at radius 3 is 1.81 bits per heavy atom. The molecule has 7 nitrogen and oxygen atoms in total. The van der Waals surface area contributed by atoms with Crippen LogP contribution in [0.25, 0.3) is 0 Å². The van der Waals surface area contributed by atoms with E-state index in [1.807, 2.05) is 27.7 Å². The molecular weight excluding hydrogens is 561 g/mol. The second-order valence-corrected chi connectivity index (χ2v) is 9.29. The number of amidine groups is 1. The minimum Gasteiger partial charge on any atom is -0.398 e. The molecule has 1 heterocycles. The van der Waals surface area contributed by atoms with Gasteiger partial charge < -0.3 is 16.5 Å². The number of H-pyrrole nitrogens is 1. The van der Waals surface area contributed by atoms with Crippen molar-refractivity contribution in [3.63, 3.8) is 0 Å². The van der Waals surface area contributed by atoms with Crippen LogP contribution in [0.5, 0.6) is 0 Å². The Labute approximate surface area is 257 Å². The molecule has 242 valence electrons. The highest BCUT2D eigenvalue weighted by Gasteiger charge is 2.27. The summed E-state index contributed by atoms with van der Waals surface area (Å²) in [4.78, 5) is 18.1. The van der Waals surface area contributed by atoms with Crippen molar-refractivity contribution in [1.82, 2.24) is 4.98 Å². The number of aliphatic imine (C=N–C) groups is 1. The molecule has 0 amide bonds. The Kier molecular flexibility index (Phi) is 32.3. The van der Waals surface area contributed by atoms with Crippen LogP contribution in [0.3, 0.4) is 0 Å². The molecule has 1 aromatic carbocycles. The first kappa shape index (κ1) is 46.0. The Hall–Kier alpha value is -2.97. The molecule has 7 N–H and O–H groups in total. The summed E-state index contributed by atoms with van der Waals surface area (Å²) in [7, 11) is 0. The SMILES string of the molecule is CC.CC.CC#N.CC(C)C.CC1CCCCC1.NC(=Nc1ccc(CC(F)(F)F)cc1)c1c(N)cc[nH]c1=O.NS. The zero-order chi connectivity index (χ0) is 33.7. The van der Waals surface area contributed by atoms with Crippen LogP contribution in [0.15, 0.2) is 46.3 Å². The number of halogens is 3. The van der Waals surface area contributed by atoms with Gasteiger partial charge in [0.25, 0.3) is 5.56 Å². The summed E-state index contributed by atoms with van der Waals surface area (Å²) in [5.74, 6) is 1.76. The summed E-state index contributed by atoms with van der Waals surface area (Å²) < 4.78 is 36.8. The highest BCUT2D eigenvalue weighted by molar-refractivity contribution is 7.77. The number of hydrogen-bond donors (Lipinski definition) is 5. The van der Waals surface area contributed by atoms with E-state index < -0.39 is 18.2 Å². The number of nitrogens with one attached hydrogen (secondary N) is 1. The van der Waals surface area contributed by atoms with Crippen molar-refractivity contribution in [2.75, 3.05) is 5.73 Å². The lowest BCUT2D eigenvalue weighted by Gasteiger charge is -2.15. The first-order valence-electron chi connectivity index (χ1n) is 14.3. The first-order chi connectivity index (χ1) is 19.8. The van der Waals surface area contributed by atoms with Crippen LogP contribution in [-0.2, 0) is 6.42 Å². The molecule has 0 spiro atoms. The number of aromatic nitrogens is 1. The predicted octanol–water partition coefficient (Wildman–Crippen LogP) is 8.72. The molecule has 0 radical (unpaired) electrons. The van der Waals surface area contributed by atoms with Gasteiger partial charge in [-0.25, -0.2) is 4.99 Å². The molecule has 42 heavy (non-hydrogen) atoms. The van der Waals surface area contributed by atoms with Crippen molar-refractivity contribution in [1.29, 1.82) is 5.26 Å². The highest BCUT2D eigenvalue weighted by atomic mass is 32.1. The molecule has 0 atom stereocenters. The molecule has 11 heteroatoms. The van der Waals surface area contributed by atoms with Crippen LogP contribution in [0, 0.1) is 23.2 Å². The lowest BCUT2D eigenvalue weighted by Crippen LogP contribution is -2.25. The number of nitrogen functional groups attached to an aromatic ring is 1. The van der Waals surface area contributed by atoms with Gasteiger partial charge in [0.2, 0.25) is 0 Å². The van der Waals surface area contributed by atoms with E-state index in [4.69, 9.17) is 16.7 Å². The average molecular weight is 617 g/mol. The molecule has 1 aliphatic rings. The number of nitriles is 1. The van der Waals surface area contributed by atoms with E-state index in [1.54, 1.807) is 6.07 Å². The number of alkyl halides is 3. The van der Waals surface area contributed by atoms with E-state index in [-0.39, 0.29) is 22.6 Å². The maximum Gasteiger partial charge on any atom is 0.393 e. The molecule has 2 aromatic rings. The van der Waals surface area contributed by atoms with E-state index >= 15 is 0 Å². The molecule has 1 aliphatic carbocycles. The zero-order valence-corrected chi connectivity index (χ0v) is 27.9. The number of thiol groups is 1. The number of nitrogens with two attached hydrogens (primary N) is 3. The smallest absolute Gasteiger partial charge is 0.393 e. The van der Waals surface area contributed by atoms with Crippen LogP contribution in [0.1, 0.15) is 106 Å². The van der Waals surface area contributed by atoms with Crippen LogP contribution in [0.4, 0.5) is 24.5 Å². The van der Waals surface area contributed by atoms with Crippen molar-refractivity contribution in [3.8, 4) is 6.07 Å². The molecule has 3 rings (SSSR count). The lowest BCUT2D eigenvalue weighted by atomic mass is 9.91. The largest absolute Gasteiger partial charge is 0.398 e. The number of benzene rings is 1. The number of aromatic amines is 1. The standard InChI is InChI=1S/C14H13F3N4O.C7H14.C4H10.C2H3N.2C2H6.H3NS/c15-14(16,17)7-8-1-3-9(4-2-8)21-12(19)11-10(18)5-6-20-13(11)22;1-7-5-3-2-4-6-7;1-4(2)3;1-2-3;3*1-2/h1-6H,7H2,(H2,19,21)(H3,18,20,22);7H,2-6H2,1H3;4H,1-3H3;1H3;2*1-2H3;2H,1H2. The van der Waals surface area contributed by atoms with Crippen molar-refractivity contribution >= 4 is 30.0 Å². The monoisotopic (exact) mass is 616 g/mol. The third kappa shape index (κ3) is 27.2. The summed E-state index contributed by atoms with van der Waals surface area (Å²) in [5.41, 5.74) is 11.5. The summed E-state index contributed by atoms with van der Waals surface area (Å²) in [5, 5.41) is 11.5. The second kappa shape index (κ2) is 29.5. The van der Waals surface area contributed by atoms with Gasteiger partial charge in [-0.3, -0.25) is 9.93 Å².